The summed E-state index contributed by atoms with van der Waals surface area (Å²) in [5.41, 5.74) is 5.69. The number of anilines is 1. The van der Waals surface area contributed by atoms with Crippen LogP contribution in [0.2, 0.25) is 0 Å². The lowest BCUT2D eigenvalue weighted by atomic mass is 9.80. The van der Waals surface area contributed by atoms with Crippen LogP contribution < -0.4 is 10.5 Å². The lowest BCUT2D eigenvalue weighted by Gasteiger charge is -2.40. The Bertz CT molecular complexity index is 518. The number of nitrogens with one attached hydrogen (secondary N) is 1. The van der Waals surface area contributed by atoms with Crippen LogP contribution in [0.4, 0.5) is 5.69 Å². The Morgan fingerprint density at radius 2 is 2.17 bits per heavy atom. The van der Waals surface area contributed by atoms with E-state index in [4.69, 9.17) is 10.5 Å². The van der Waals surface area contributed by atoms with Gasteiger partial charge in [0, 0.05) is 19.3 Å². The number of methoxy groups -OCH3 is 1. The Morgan fingerprint density at radius 1 is 1.44 bits per heavy atom. The Hall–Kier alpha value is -1.11. The molecule has 18 heavy (non-hydrogen) atoms. The minimum atomic E-state index is -3.51. The molecule has 1 saturated carbocycles. The van der Waals surface area contributed by atoms with E-state index in [0.717, 1.165) is 19.3 Å². The van der Waals surface area contributed by atoms with Crippen molar-refractivity contribution in [3.05, 3.63) is 24.3 Å². The third-order valence-electron chi connectivity index (χ3n) is 3.45. The van der Waals surface area contributed by atoms with Crippen molar-refractivity contribution in [2.45, 2.75) is 29.8 Å². The van der Waals surface area contributed by atoms with E-state index in [-0.39, 0.29) is 10.5 Å². The summed E-state index contributed by atoms with van der Waals surface area (Å²) in [6.45, 7) is 0.306. The second-order valence-corrected chi connectivity index (χ2v) is 6.40. The van der Waals surface area contributed by atoms with E-state index in [1.807, 2.05) is 0 Å². The highest BCUT2D eigenvalue weighted by Crippen LogP contribution is 2.34. The molecule has 0 heterocycles. The van der Waals surface area contributed by atoms with Crippen LogP contribution in [0.25, 0.3) is 0 Å². The molecule has 1 aromatic carbocycles. The molecule has 6 heteroatoms. The minimum Gasteiger partial charge on any atom is -0.399 e. The molecule has 100 valence electrons. The van der Waals surface area contributed by atoms with E-state index in [1.165, 1.54) is 12.1 Å². The molecule has 1 aromatic rings. The second-order valence-electron chi connectivity index (χ2n) is 4.64. The molecule has 0 amide bonds. The lowest BCUT2D eigenvalue weighted by molar-refractivity contribution is -0.0659. The average molecular weight is 270 g/mol. The quantitative estimate of drug-likeness (QED) is 0.785. The third kappa shape index (κ3) is 2.66. The molecule has 1 aliphatic carbocycles. The first kappa shape index (κ1) is 13.3. The van der Waals surface area contributed by atoms with Gasteiger partial charge in [-0.2, -0.15) is 0 Å². The summed E-state index contributed by atoms with van der Waals surface area (Å²) in [5.74, 6) is 0. The summed E-state index contributed by atoms with van der Waals surface area (Å²) in [5, 5.41) is 0. The Labute approximate surface area is 107 Å². The van der Waals surface area contributed by atoms with E-state index in [0.29, 0.717) is 12.2 Å². The summed E-state index contributed by atoms with van der Waals surface area (Å²) in [7, 11) is -1.89. The molecular weight excluding hydrogens is 252 g/mol. The summed E-state index contributed by atoms with van der Waals surface area (Å²) >= 11 is 0. The van der Waals surface area contributed by atoms with Crippen LogP contribution in [0.1, 0.15) is 19.3 Å². The topological polar surface area (TPSA) is 81.4 Å². The number of nitrogens with two attached hydrogens (primary N) is 1. The van der Waals surface area contributed by atoms with Gasteiger partial charge >= 0.3 is 0 Å². The van der Waals surface area contributed by atoms with Gasteiger partial charge in [0.1, 0.15) is 0 Å². The number of ether oxygens (including phenoxy) is 1. The van der Waals surface area contributed by atoms with E-state index < -0.39 is 10.0 Å². The standard InChI is InChI=1S/C12H18N2O3S/c1-17-12(6-3-7-12)9-14-18(15,16)11-5-2-4-10(13)8-11/h2,4-5,8,14H,3,6-7,9,13H2,1H3. The number of nitrogen functional groups attached to an aromatic ring is 1. The molecule has 0 atom stereocenters. The van der Waals surface area contributed by atoms with Crippen LogP contribution in [0.5, 0.6) is 0 Å². The van der Waals surface area contributed by atoms with Crippen molar-refractivity contribution in [3.8, 4) is 0 Å². The predicted molar refractivity (Wildman–Crippen MR) is 69.6 cm³/mol. The summed E-state index contributed by atoms with van der Waals surface area (Å²) in [6, 6.07) is 6.25. The van der Waals surface area contributed by atoms with Gasteiger partial charge in [-0.25, -0.2) is 13.1 Å². The maximum atomic E-state index is 12.1. The highest BCUT2D eigenvalue weighted by Gasteiger charge is 2.37. The monoisotopic (exact) mass is 270 g/mol. The van der Waals surface area contributed by atoms with Gasteiger partial charge in [0.15, 0.2) is 0 Å². The van der Waals surface area contributed by atoms with Gasteiger partial charge in [-0.1, -0.05) is 6.07 Å². The normalized spacial score (nSPS) is 18.3. The van der Waals surface area contributed by atoms with Gasteiger partial charge in [-0.15, -0.1) is 0 Å². The van der Waals surface area contributed by atoms with Crippen LogP contribution in [0.3, 0.4) is 0 Å². The average Bonchev–Trinajstić information content (AvgIpc) is 2.28. The molecule has 0 aliphatic heterocycles. The predicted octanol–water partition coefficient (Wildman–Crippen LogP) is 1.12. The molecular formula is C12H18N2O3S. The summed E-state index contributed by atoms with van der Waals surface area (Å²) in [4.78, 5) is 0.188. The van der Waals surface area contributed by atoms with Crippen molar-refractivity contribution in [1.82, 2.24) is 4.72 Å². The lowest BCUT2D eigenvalue weighted by Crippen LogP contribution is -2.49. The molecule has 3 N–H and O–H groups in total. The van der Waals surface area contributed by atoms with E-state index in [1.54, 1.807) is 19.2 Å². The van der Waals surface area contributed by atoms with Crippen LogP contribution in [-0.4, -0.2) is 27.7 Å². The highest BCUT2D eigenvalue weighted by atomic mass is 32.2. The van der Waals surface area contributed by atoms with Crippen molar-refractivity contribution >= 4 is 15.7 Å². The zero-order valence-corrected chi connectivity index (χ0v) is 11.2. The van der Waals surface area contributed by atoms with Crippen LogP contribution >= 0.6 is 0 Å². The highest BCUT2D eigenvalue weighted by molar-refractivity contribution is 7.89. The SMILES string of the molecule is COC1(CNS(=O)(=O)c2cccc(N)c2)CCC1. The maximum Gasteiger partial charge on any atom is 0.240 e. The van der Waals surface area contributed by atoms with Gasteiger partial charge < -0.3 is 10.5 Å². The largest absolute Gasteiger partial charge is 0.399 e. The molecule has 1 aliphatic rings. The number of hydrogen-bond acceptors (Lipinski definition) is 4. The summed E-state index contributed by atoms with van der Waals surface area (Å²) in [6.07, 6.45) is 2.86. The molecule has 0 spiro atoms. The molecule has 0 unspecified atom stereocenters. The van der Waals surface area contributed by atoms with Crippen LogP contribution in [-0.2, 0) is 14.8 Å². The van der Waals surface area contributed by atoms with Gasteiger partial charge in [-0.05, 0) is 37.5 Å². The molecule has 2 rings (SSSR count). The number of benzene rings is 1. The fourth-order valence-electron chi connectivity index (χ4n) is 2.02. The van der Waals surface area contributed by atoms with Gasteiger partial charge in [0.25, 0.3) is 0 Å². The van der Waals surface area contributed by atoms with Crippen LogP contribution in [0.15, 0.2) is 29.2 Å². The molecule has 0 saturated heterocycles. The van der Waals surface area contributed by atoms with Crippen molar-refractivity contribution in [2.24, 2.45) is 0 Å². The second kappa shape index (κ2) is 4.87. The minimum absolute atomic E-state index is 0.188. The third-order valence-corrected chi connectivity index (χ3v) is 4.85. The van der Waals surface area contributed by atoms with Gasteiger partial charge in [0.05, 0.1) is 10.5 Å². The Balaban J connectivity index is 2.08. The smallest absolute Gasteiger partial charge is 0.240 e. The van der Waals surface area contributed by atoms with E-state index in [2.05, 4.69) is 4.72 Å². The van der Waals surface area contributed by atoms with Crippen molar-refractivity contribution < 1.29 is 13.2 Å². The number of rotatable bonds is 5. The van der Waals surface area contributed by atoms with Gasteiger partial charge in [-0.3, -0.25) is 0 Å². The number of hydrogen-bond donors (Lipinski definition) is 2. The zero-order chi connectivity index (χ0) is 13.2. The Kier molecular flexibility index (Phi) is 3.61. The van der Waals surface area contributed by atoms with Crippen LogP contribution in [0, 0.1) is 0 Å². The zero-order valence-electron chi connectivity index (χ0n) is 10.3. The van der Waals surface area contributed by atoms with E-state index in [9.17, 15) is 8.42 Å². The fourth-order valence-corrected chi connectivity index (χ4v) is 3.18. The van der Waals surface area contributed by atoms with Crippen molar-refractivity contribution in [3.63, 3.8) is 0 Å². The first-order valence-corrected chi connectivity index (χ1v) is 7.36. The van der Waals surface area contributed by atoms with E-state index >= 15 is 0 Å². The number of sulfonamides is 1. The summed E-state index contributed by atoms with van der Waals surface area (Å²) < 4.78 is 32.1. The molecule has 0 bridgehead atoms. The molecule has 0 aromatic heterocycles. The van der Waals surface area contributed by atoms with Crippen molar-refractivity contribution in [1.29, 1.82) is 0 Å². The Morgan fingerprint density at radius 3 is 2.67 bits per heavy atom. The van der Waals surface area contributed by atoms with Gasteiger partial charge in [0.2, 0.25) is 10.0 Å². The maximum absolute atomic E-state index is 12.1. The van der Waals surface area contributed by atoms with Crippen molar-refractivity contribution in [2.75, 3.05) is 19.4 Å². The first-order chi connectivity index (χ1) is 8.47. The molecule has 5 nitrogen and oxygen atoms in total. The first-order valence-electron chi connectivity index (χ1n) is 5.88. The fraction of sp³-hybridized carbons (Fsp3) is 0.500. The molecule has 1 fully saturated rings. The molecule has 0 radical (unpaired) electrons.